The van der Waals surface area contributed by atoms with Crippen molar-refractivity contribution in [2.24, 2.45) is 11.7 Å². The molecule has 1 aromatic rings. The molecule has 1 saturated carbocycles. The molecule has 110 valence electrons. The topological polar surface area (TPSA) is 115 Å². The first-order valence-corrected chi connectivity index (χ1v) is 7.87. The molecular weight excluding hydrogens is 306 g/mol. The summed E-state index contributed by atoms with van der Waals surface area (Å²) in [7, 11) is -4.07. The predicted octanol–water partition coefficient (Wildman–Crippen LogP) is 1.26. The van der Waals surface area contributed by atoms with Crippen molar-refractivity contribution in [1.82, 2.24) is 4.72 Å². The molecule has 2 rings (SSSR count). The molecule has 1 fully saturated rings. The molecule has 0 radical (unpaired) electrons. The summed E-state index contributed by atoms with van der Waals surface area (Å²) in [4.78, 5) is 9.61. The Hall–Kier alpha value is -1.22. The Bertz CT molecular complexity index is 631. The van der Waals surface area contributed by atoms with Crippen LogP contribution in [0.4, 0.5) is 5.69 Å². The molecule has 0 spiro atoms. The van der Waals surface area contributed by atoms with E-state index in [2.05, 4.69) is 4.72 Å². The van der Waals surface area contributed by atoms with Crippen LogP contribution in [0.2, 0.25) is 5.02 Å². The fraction of sp³-hybridized carbons (Fsp3) is 0.455. The Kier molecular flexibility index (Phi) is 4.28. The molecule has 1 aliphatic rings. The quantitative estimate of drug-likeness (QED) is 0.605. The molecular formula is C11H14ClN3O4S. The minimum atomic E-state index is -4.07. The van der Waals surface area contributed by atoms with Gasteiger partial charge in [-0.15, -0.1) is 0 Å². The summed E-state index contributed by atoms with van der Waals surface area (Å²) in [6.45, 7) is 0.0371. The zero-order valence-corrected chi connectivity index (χ0v) is 12.0. The molecule has 1 atom stereocenters. The maximum absolute atomic E-state index is 12.2. The highest BCUT2D eigenvalue weighted by molar-refractivity contribution is 7.89. The van der Waals surface area contributed by atoms with Gasteiger partial charge in [0, 0.05) is 18.7 Å². The Morgan fingerprint density at radius 1 is 1.50 bits per heavy atom. The number of nitrogens with zero attached hydrogens (tertiary/aromatic N) is 1. The van der Waals surface area contributed by atoms with Crippen molar-refractivity contribution in [3.05, 3.63) is 33.3 Å². The molecule has 0 amide bonds. The summed E-state index contributed by atoms with van der Waals surface area (Å²) in [5, 5.41) is 10.7. The van der Waals surface area contributed by atoms with Crippen molar-refractivity contribution in [2.75, 3.05) is 6.54 Å². The van der Waals surface area contributed by atoms with Crippen LogP contribution < -0.4 is 10.5 Å². The number of nitro groups is 1. The smallest absolute Gasteiger partial charge is 0.290 e. The number of nitro benzene ring substituents is 1. The lowest BCUT2D eigenvalue weighted by molar-refractivity contribution is -0.387. The van der Waals surface area contributed by atoms with Crippen molar-refractivity contribution in [2.45, 2.75) is 23.8 Å². The first-order chi connectivity index (χ1) is 9.33. The van der Waals surface area contributed by atoms with Gasteiger partial charge in [0.15, 0.2) is 4.90 Å². The molecule has 1 unspecified atom stereocenters. The fourth-order valence-corrected chi connectivity index (χ4v) is 3.65. The number of hydrogen-bond acceptors (Lipinski definition) is 5. The second-order valence-electron chi connectivity index (χ2n) is 4.70. The van der Waals surface area contributed by atoms with E-state index in [-0.39, 0.29) is 17.6 Å². The van der Waals surface area contributed by atoms with Crippen molar-refractivity contribution in [1.29, 1.82) is 0 Å². The largest absolute Gasteiger partial charge is 0.326 e. The molecule has 0 aliphatic heterocycles. The van der Waals surface area contributed by atoms with Gasteiger partial charge in [-0.1, -0.05) is 17.7 Å². The van der Waals surface area contributed by atoms with Gasteiger partial charge < -0.3 is 5.73 Å². The van der Waals surface area contributed by atoms with E-state index >= 15 is 0 Å². The van der Waals surface area contributed by atoms with E-state index in [1.54, 1.807) is 0 Å². The lowest BCUT2D eigenvalue weighted by atomic mass is 10.2. The molecule has 0 bridgehead atoms. The average Bonchev–Trinajstić information content (AvgIpc) is 3.19. The molecule has 1 aliphatic carbocycles. The molecule has 0 saturated heterocycles. The zero-order valence-electron chi connectivity index (χ0n) is 10.5. The summed E-state index contributed by atoms with van der Waals surface area (Å²) in [5.74, 6) is 0.318. The van der Waals surface area contributed by atoms with Gasteiger partial charge in [0.05, 0.1) is 9.95 Å². The van der Waals surface area contributed by atoms with Crippen LogP contribution >= 0.6 is 11.6 Å². The highest BCUT2D eigenvalue weighted by Crippen LogP contribution is 2.32. The third kappa shape index (κ3) is 3.26. The number of halogens is 1. The van der Waals surface area contributed by atoms with Gasteiger partial charge in [0.2, 0.25) is 10.0 Å². The summed E-state index contributed by atoms with van der Waals surface area (Å²) >= 11 is 5.79. The van der Waals surface area contributed by atoms with Gasteiger partial charge in [-0.2, -0.15) is 0 Å². The normalized spacial score (nSPS) is 16.9. The van der Waals surface area contributed by atoms with Crippen molar-refractivity contribution in [3.8, 4) is 0 Å². The minimum Gasteiger partial charge on any atom is -0.326 e. The lowest BCUT2D eigenvalue weighted by Crippen LogP contribution is -2.38. The van der Waals surface area contributed by atoms with Crippen LogP contribution in [0, 0.1) is 16.0 Å². The van der Waals surface area contributed by atoms with E-state index in [4.69, 9.17) is 17.3 Å². The van der Waals surface area contributed by atoms with Crippen LogP contribution in [0.1, 0.15) is 12.8 Å². The standard InChI is InChI=1S/C11H14ClN3O4S/c12-8-2-1-3-10(15(16)17)11(8)20(18,19)14-6-9(13)7-4-5-7/h1-3,7,9,14H,4-6,13H2. The van der Waals surface area contributed by atoms with Crippen LogP contribution in [0.25, 0.3) is 0 Å². The van der Waals surface area contributed by atoms with Gasteiger partial charge >= 0.3 is 0 Å². The number of benzene rings is 1. The van der Waals surface area contributed by atoms with Gasteiger partial charge in [-0.3, -0.25) is 10.1 Å². The molecule has 0 aromatic heterocycles. The Morgan fingerprint density at radius 2 is 2.15 bits per heavy atom. The van der Waals surface area contributed by atoms with Gasteiger partial charge in [0.25, 0.3) is 5.69 Å². The summed E-state index contributed by atoms with van der Waals surface area (Å²) in [5.41, 5.74) is 5.26. The number of nitrogens with two attached hydrogens (primary N) is 1. The fourth-order valence-electron chi connectivity index (χ4n) is 1.88. The van der Waals surface area contributed by atoms with Crippen LogP contribution in [0.5, 0.6) is 0 Å². The second-order valence-corrected chi connectivity index (χ2v) is 6.81. The first kappa shape index (κ1) is 15.2. The molecule has 7 nitrogen and oxygen atoms in total. The van der Waals surface area contributed by atoms with E-state index in [9.17, 15) is 18.5 Å². The molecule has 3 N–H and O–H groups in total. The maximum Gasteiger partial charge on any atom is 0.290 e. The monoisotopic (exact) mass is 319 g/mol. The SMILES string of the molecule is NC(CNS(=O)(=O)c1c(Cl)cccc1[N+](=O)[O-])C1CC1. The predicted molar refractivity (Wildman–Crippen MR) is 74.0 cm³/mol. The summed E-state index contributed by atoms with van der Waals surface area (Å²) < 4.78 is 26.6. The number of hydrogen-bond donors (Lipinski definition) is 2. The summed E-state index contributed by atoms with van der Waals surface area (Å²) in [6.07, 6.45) is 1.96. The van der Waals surface area contributed by atoms with Gasteiger partial charge in [0.1, 0.15) is 0 Å². The highest BCUT2D eigenvalue weighted by atomic mass is 35.5. The Morgan fingerprint density at radius 3 is 2.70 bits per heavy atom. The van der Waals surface area contributed by atoms with E-state index < -0.39 is 25.5 Å². The van der Waals surface area contributed by atoms with Crippen LogP contribution in [-0.2, 0) is 10.0 Å². The Balaban J connectivity index is 2.26. The van der Waals surface area contributed by atoms with Gasteiger partial charge in [-0.25, -0.2) is 13.1 Å². The van der Waals surface area contributed by atoms with Crippen LogP contribution in [-0.4, -0.2) is 25.9 Å². The zero-order chi connectivity index (χ0) is 14.9. The van der Waals surface area contributed by atoms with E-state index in [0.717, 1.165) is 18.9 Å². The maximum atomic E-state index is 12.2. The van der Waals surface area contributed by atoms with E-state index in [0.29, 0.717) is 5.92 Å². The van der Waals surface area contributed by atoms with E-state index in [1.807, 2.05) is 0 Å². The van der Waals surface area contributed by atoms with Crippen LogP contribution in [0.3, 0.4) is 0 Å². The van der Waals surface area contributed by atoms with Crippen molar-refractivity contribution < 1.29 is 13.3 Å². The lowest BCUT2D eigenvalue weighted by Gasteiger charge is -2.12. The molecule has 0 heterocycles. The molecule has 20 heavy (non-hydrogen) atoms. The molecule has 1 aromatic carbocycles. The highest BCUT2D eigenvalue weighted by Gasteiger charge is 2.32. The van der Waals surface area contributed by atoms with Crippen molar-refractivity contribution >= 4 is 27.3 Å². The molecule has 9 heteroatoms. The van der Waals surface area contributed by atoms with E-state index in [1.165, 1.54) is 12.1 Å². The third-order valence-electron chi connectivity index (χ3n) is 3.15. The number of sulfonamides is 1. The van der Waals surface area contributed by atoms with Crippen LogP contribution in [0.15, 0.2) is 23.1 Å². The van der Waals surface area contributed by atoms with Crippen molar-refractivity contribution in [3.63, 3.8) is 0 Å². The Labute approximate surface area is 121 Å². The second kappa shape index (κ2) is 5.65. The third-order valence-corrected chi connectivity index (χ3v) is 5.09. The number of rotatable bonds is 6. The van der Waals surface area contributed by atoms with Gasteiger partial charge in [-0.05, 0) is 24.8 Å². The minimum absolute atomic E-state index is 0.0371. The number of nitrogens with one attached hydrogen (secondary N) is 1. The first-order valence-electron chi connectivity index (χ1n) is 6.01. The average molecular weight is 320 g/mol. The summed E-state index contributed by atoms with van der Waals surface area (Å²) in [6, 6.07) is 3.44.